The van der Waals surface area contributed by atoms with Crippen LogP contribution in [0.15, 0.2) is 30.6 Å². The maximum Gasteiger partial charge on any atom is 0.270 e. The maximum absolute atomic E-state index is 13.1. The Morgan fingerprint density at radius 2 is 2.04 bits per heavy atom. The number of aromatic nitrogens is 3. The monoisotopic (exact) mass is 355 g/mol. The number of nitrogens with zero attached hydrogens (tertiary/aromatic N) is 5. The van der Waals surface area contributed by atoms with Gasteiger partial charge in [-0.05, 0) is 63.0 Å². The summed E-state index contributed by atoms with van der Waals surface area (Å²) in [4.78, 5) is 17.7. The van der Waals surface area contributed by atoms with Crippen molar-refractivity contribution in [3.63, 3.8) is 0 Å². The van der Waals surface area contributed by atoms with Gasteiger partial charge in [0.05, 0.1) is 12.2 Å². The van der Waals surface area contributed by atoms with Gasteiger partial charge in [0.25, 0.3) is 5.91 Å². The average Bonchev–Trinajstić information content (AvgIpc) is 3.24. The lowest BCUT2D eigenvalue weighted by atomic mass is 10.0. The molecule has 1 atom stereocenters. The van der Waals surface area contributed by atoms with Crippen molar-refractivity contribution in [3.8, 4) is 0 Å². The van der Waals surface area contributed by atoms with Crippen LogP contribution in [0.4, 0.5) is 0 Å². The largest absolute Gasteiger partial charge is 0.347 e. The molecule has 0 bridgehead atoms. The van der Waals surface area contributed by atoms with Gasteiger partial charge in [0.2, 0.25) is 0 Å². The van der Waals surface area contributed by atoms with Crippen molar-refractivity contribution in [1.82, 2.24) is 24.1 Å². The zero-order valence-electron chi connectivity index (χ0n) is 15.7. The van der Waals surface area contributed by atoms with E-state index < -0.39 is 0 Å². The van der Waals surface area contributed by atoms with Crippen LogP contribution < -0.4 is 0 Å². The Balaban J connectivity index is 1.48. The fourth-order valence-corrected chi connectivity index (χ4v) is 4.26. The maximum atomic E-state index is 13.1. The van der Waals surface area contributed by atoms with Crippen molar-refractivity contribution in [2.45, 2.75) is 38.8 Å². The quantitative estimate of drug-likeness (QED) is 0.846. The van der Waals surface area contributed by atoms with Gasteiger partial charge in [0.15, 0.2) is 0 Å². The van der Waals surface area contributed by atoms with E-state index in [4.69, 9.17) is 0 Å². The lowest BCUT2D eigenvalue weighted by molar-refractivity contribution is 0.0703. The van der Waals surface area contributed by atoms with E-state index in [0.29, 0.717) is 12.5 Å². The molecule has 0 aromatic carbocycles. The van der Waals surface area contributed by atoms with E-state index >= 15 is 0 Å². The SMILES string of the molecule is Cn1cccc1C(=O)N1Cc2ccnn2C[C@@H](CCN2CCCCC2)C1. The van der Waals surface area contributed by atoms with Crippen LogP contribution >= 0.6 is 0 Å². The van der Waals surface area contributed by atoms with Crippen molar-refractivity contribution in [2.75, 3.05) is 26.2 Å². The van der Waals surface area contributed by atoms with Gasteiger partial charge in [0.1, 0.15) is 5.69 Å². The molecule has 140 valence electrons. The number of amides is 1. The minimum absolute atomic E-state index is 0.120. The highest BCUT2D eigenvalue weighted by Crippen LogP contribution is 2.21. The van der Waals surface area contributed by atoms with Crippen LogP contribution in [0.5, 0.6) is 0 Å². The fraction of sp³-hybridized carbons (Fsp3) is 0.600. The van der Waals surface area contributed by atoms with E-state index in [0.717, 1.165) is 37.4 Å². The molecular formula is C20H29N5O. The van der Waals surface area contributed by atoms with E-state index in [2.05, 4.69) is 14.7 Å². The highest BCUT2D eigenvalue weighted by Gasteiger charge is 2.27. The van der Waals surface area contributed by atoms with Gasteiger partial charge in [-0.25, -0.2) is 0 Å². The minimum Gasteiger partial charge on any atom is -0.347 e. The van der Waals surface area contributed by atoms with Gasteiger partial charge in [-0.2, -0.15) is 5.10 Å². The summed E-state index contributed by atoms with van der Waals surface area (Å²) in [6.45, 7) is 5.95. The molecule has 0 N–H and O–H groups in total. The number of carbonyl (C=O) groups excluding carboxylic acids is 1. The van der Waals surface area contributed by atoms with Crippen LogP contribution in [0.3, 0.4) is 0 Å². The molecule has 6 nitrogen and oxygen atoms in total. The number of likely N-dealkylation sites (tertiary alicyclic amines) is 1. The summed E-state index contributed by atoms with van der Waals surface area (Å²) in [5.74, 6) is 0.567. The minimum atomic E-state index is 0.120. The summed E-state index contributed by atoms with van der Waals surface area (Å²) in [5.41, 5.74) is 1.89. The van der Waals surface area contributed by atoms with E-state index in [1.54, 1.807) is 0 Å². The molecule has 2 aliphatic heterocycles. The molecule has 2 aliphatic rings. The van der Waals surface area contributed by atoms with E-state index in [9.17, 15) is 4.79 Å². The average molecular weight is 355 g/mol. The van der Waals surface area contributed by atoms with Crippen molar-refractivity contribution in [3.05, 3.63) is 42.0 Å². The highest BCUT2D eigenvalue weighted by molar-refractivity contribution is 5.92. The molecule has 0 spiro atoms. The third-order valence-electron chi connectivity index (χ3n) is 5.82. The van der Waals surface area contributed by atoms with Gasteiger partial charge in [-0.3, -0.25) is 9.48 Å². The number of rotatable bonds is 4. The number of hydrogen-bond donors (Lipinski definition) is 0. The molecule has 2 aromatic heterocycles. The van der Waals surface area contributed by atoms with Crippen molar-refractivity contribution in [2.24, 2.45) is 13.0 Å². The molecule has 2 aromatic rings. The second kappa shape index (κ2) is 7.66. The van der Waals surface area contributed by atoms with Gasteiger partial charge < -0.3 is 14.4 Å². The summed E-state index contributed by atoms with van der Waals surface area (Å²) in [6.07, 6.45) is 8.93. The standard InChI is InChI=1S/C20H29N5O/c1-22-10-5-6-19(22)20(26)24-14-17(8-13-23-11-3-2-4-12-23)15-25-18(16-24)7-9-21-25/h5-7,9-10,17H,2-4,8,11-16H2,1H3/t17-/m0/s1. The Hall–Kier alpha value is -2.08. The molecule has 0 radical (unpaired) electrons. The molecular weight excluding hydrogens is 326 g/mol. The molecule has 0 unspecified atom stereocenters. The zero-order chi connectivity index (χ0) is 17.9. The second-order valence-electron chi connectivity index (χ2n) is 7.75. The molecule has 1 saturated heterocycles. The summed E-state index contributed by atoms with van der Waals surface area (Å²) < 4.78 is 4.01. The Bertz CT molecular complexity index is 743. The topological polar surface area (TPSA) is 46.3 Å². The first-order valence-corrected chi connectivity index (χ1v) is 9.84. The first-order chi connectivity index (χ1) is 12.7. The van der Waals surface area contributed by atoms with Crippen LogP contribution in [-0.2, 0) is 20.1 Å². The normalized spacial score (nSPS) is 21.4. The van der Waals surface area contributed by atoms with Crippen molar-refractivity contribution < 1.29 is 4.79 Å². The first-order valence-electron chi connectivity index (χ1n) is 9.84. The number of aryl methyl sites for hydroxylation is 1. The summed E-state index contributed by atoms with van der Waals surface area (Å²) in [6, 6.07) is 5.88. The summed E-state index contributed by atoms with van der Waals surface area (Å²) in [5, 5.41) is 4.50. The lowest BCUT2D eigenvalue weighted by Gasteiger charge is -2.29. The van der Waals surface area contributed by atoms with E-state index in [-0.39, 0.29) is 5.91 Å². The molecule has 4 rings (SSSR count). The predicted molar refractivity (Wildman–Crippen MR) is 101 cm³/mol. The van der Waals surface area contributed by atoms with Crippen LogP contribution in [0.25, 0.3) is 0 Å². The first kappa shape index (κ1) is 17.3. The number of hydrogen-bond acceptors (Lipinski definition) is 3. The van der Waals surface area contributed by atoms with Crippen molar-refractivity contribution >= 4 is 5.91 Å². The van der Waals surface area contributed by atoms with Crippen LogP contribution in [0.1, 0.15) is 41.9 Å². The van der Waals surface area contributed by atoms with Gasteiger partial charge in [0, 0.05) is 32.5 Å². The highest BCUT2D eigenvalue weighted by atomic mass is 16.2. The Morgan fingerprint density at radius 1 is 1.19 bits per heavy atom. The predicted octanol–water partition coefficient (Wildman–Crippen LogP) is 2.37. The number of carbonyl (C=O) groups is 1. The Kier molecular flexibility index (Phi) is 5.11. The smallest absolute Gasteiger partial charge is 0.270 e. The van der Waals surface area contributed by atoms with E-state index in [1.807, 2.05) is 47.1 Å². The van der Waals surface area contributed by atoms with Gasteiger partial charge in [-0.15, -0.1) is 0 Å². The van der Waals surface area contributed by atoms with Crippen molar-refractivity contribution in [1.29, 1.82) is 0 Å². The Morgan fingerprint density at radius 3 is 2.81 bits per heavy atom. The summed E-state index contributed by atoms with van der Waals surface area (Å²) >= 11 is 0. The number of piperidine rings is 1. The van der Waals surface area contributed by atoms with Crippen LogP contribution in [0.2, 0.25) is 0 Å². The molecule has 26 heavy (non-hydrogen) atoms. The van der Waals surface area contributed by atoms with Gasteiger partial charge >= 0.3 is 0 Å². The van der Waals surface area contributed by atoms with Gasteiger partial charge in [-0.1, -0.05) is 6.42 Å². The van der Waals surface area contributed by atoms with Crippen LogP contribution in [-0.4, -0.2) is 56.2 Å². The molecule has 0 saturated carbocycles. The fourth-order valence-electron chi connectivity index (χ4n) is 4.26. The summed E-state index contributed by atoms with van der Waals surface area (Å²) in [7, 11) is 1.93. The lowest BCUT2D eigenvalue weighted by Crippen LogP contribution is -2.37. The second-order valence-corrected chi connectivity index (χ2v) is 7.75. The Labute approximate surface area is 155 Å². The third-order valence-corrected chi connectivity index (χ3v) is 5.82. The number of fused-ring (bicyclic) bond motifs is 1. The van der Waals surface area contributed by atoms with E-state index in [1.165, 1.54) is 32.4 Å². The molecule has 1 fully saturated rings. The molecule has 6 heteroatoms. The van der Waals surface area contributed by atoms with Crippen LogP contribution in [0, 0.1) is 5.92 Å². The molecule has 1 amide bonds. The third kappa shape index (κ3) is 3.70. The molecule has 4 heterocycles. The molecule has 0 aliphatic carbocycles. The zero-order valence-corrected chi connectivity index (χ0v) is 15.7.